The van der Waals surface area contributed by atoms with Gasteiger partial charge in [0.25, 0.3) is 5.91 Å². The van der Waals surface area contributed by atoms with Gasteiger partial charge in [0.2, 0.25) is 0 Å². The summed E-state index contributed by atoms with van der Waals surface area (Å²) < 4.78 is 14.9. The first-order valence-electron chi connectivity index (χ1n) is 7.64. The van der Waals surface area contributed by atoms with Crippen LogP contribution in [0.4, 0.5) is 15.1 Å². The van der Waals surface area contributed by atoms with Crippen molar-refractivity contribution in [1.82, 2.24) is 10.5 Å². The van der Waals surface area contributed by atoms with Gasteiger partial charge in [-0.15, -0.1) is 0 Å². The first-order valence-corrected chi connectivity index (χ1v) is 9.53. The summed E-state index contributed by atoms with van der Waals surface area (Å²) in [6.07, 6.45) is 1.59. The van der Waals surface area contributed by atoms with E-state index in [-0.39, 0.29) is 11.3 Å². The molecule has 1 aromatic carbocycles. The monoisotopic (exact) mass is 501 g/mol. The van der Waals surface area contributed by atoms with Crippen molar-refractivity contribution in [3.05, 3.63) is 51.5 Å². The summed E-state index contributed by atoms with van der Waals surface area (Å²) in [7, 11) is 0. The van der Waals surface area contributed by atoms with Crippen molar-refractivity contribution in [2.45, 2.75) is 0 Å². The van der Waals surface area contributed by atoms with Crippen LogP contribution < -0.4 is 10.8 Å². The van der Waals surface area contributed by atoms with E-state index < -0.39 is 30.7 Å². The fourth-order valence-electron chi connectivity index (χ4n) is 2.24. The van der Waals surface area contributed by atoms with E-state index in [4.69, 9.17) is 9.94 Å². The van der Waals surface area contributed by atoms with Gasteiger partial charge in [0.15, 0.2) is 5.78 Å². The number of anilines is 2. The van der Waals surface area contributed by atoms with Gasteiger partial charge in [-0.25, -0.2) is 14.9 Å². The molecule has 1 amide bonds. The zero-order valence-electron chi connectivity index (χ0n) is 13.7. The van der Waals surface area contributed by atoms with Crippen molar-refractivity contribution < 1.29 is 23.9 Å². The highest BCUT2D eigenvalue weighted by molar-refractivity contribution is 14.1. The van der Waals surface area contributed by atoms with Gasteiger partial charge in [-0.3, -0.25) is 14.4 Å². The molecule has 0 radical (unpaired) electrons. The number of fused-ring (bicyclic) bond motifs is 1. The summed E-state index contributed by atoms with van der Waals surface area (Å²) >= 11 is 3.19. The van der Waals surface area contributed by atoms with Crippen molar-refractivity contribution >= 4 is 66.5 Å². The molecule has 0 bridgehead atoms. The standard InChI is InChI=1S/C17H13FIN3O4S/c18-12-6-9(19)3-4-13(12)21-17-14(11-2-1-5-20-16(11)27-17)15(25)22-26-8-10(24)7-23/h1-6,21,23H,7-8H2,(H,22,25). The Morgan fingerprint density at radius 3 is 2.89 bits per heavy atom. The number of hydrogen-bond donors (Lipinski definition) is 3. The number of hydroxylamine groups is 1. The summed E-state index contributed by atoms with van der Waals surface area (Å²) in [4.78, 5) is 33.3. The summed E-state index contributed by atoms with van der Waals surface area (Å²) in [6.45, 7) is -1.14. The SMILES string of the molecule is O=C(CO)CONC(=O)c1c(Nc2ccc(I)cc2F)sc2ncccc12. The molecule has 27 heavy (non-hydrogen) atoms. The molecule has 0 spiro atoms. The highest BCUT2D eigenvalue weighted by atomic mass is 127. The van der Waals surface area contributed by atoms with Crippen LogP contribution in [0.1, 0.15) is 10.4 Å². The van der Waals surface area contributed by atoms with Gasteiger partial charge in [0, 0.05) is 15.2 Å². The fourth-order valence-corrected chi connectivity index (χ4v) is 3.74. The normalized spacial score (nSPS) is 10.8. The second-order valence-electron chi connectivity index (χ2n) is 5.33. The van der Waals surface area contributed by atoms with E-state index in [0.29, 0.717) is 15.2 Å². The lowest BCUT2D eigenvalue weighted by Crippen LogP contribution is -2.27. The molecule has 7 nitrogen and oxygen atoms in total. The highest BCUT2D eigenvalue weighted by Crippen LogP contribution is 2.36. The number of nitrogens with zero attached hydrogens (tertiary/aromatic N) is 1. The van der Waals surface area contributed by atoms with Crippen LogP contribution in [-0.2, 0) is 9.63 Å². The Kier molecular flexibility index (Phi) is 6.31. The average Bonchev–Trinajstić information content (AvgIpc) is 3.01. The number of aromatic nitrogens is 1. The molecule has 0 saturated carbocycles. The Balaban J connectivity index is 1.91. The predicted octanol–water partition coefficient (Wildman–Crippen LogP) is 3.01. The molecule has 3 aromatic rings. The molecule has 0 aliphatic rings. The highest BCUT2D eigenvalue weighted by Gasteiger charge is 2.21. The molecule has 3 N–H and O–H groups in total. The minimum absolute atomic E-state index is 0.215. The van der Waals surface area contributed by atoms with Crippen LogP contribution in [-0.4, -0.2) is 35.0 Å². The second-order valence-corrected chi connectivity index (χ2v) is 7.57. The van der Waals surface area contributed by atoms with Crippen molar-refractivity contribution in [2.24, 2.45) is 0 Å². The number of carbonyl (C=O) groups excluding carboxylic acids is 2. The third-order valence-corrected chi connectivity index (χ3v) is 5.15. The number of Topliss-reactive ketones (excluding diaryl/α,β-unsaturated/α-hetero) is 1. The van der Waals surface area contributed by atoms with Crippen LogP contribution in [0.15, 0.2) is 36.5 Å². The largest absolute Gasteiger partial charge is 0.388 e. The number of aliphatic hydroxyl groups excluding tert-OH is 1. The van der Waals surface area contributed by atoms with Crippen molar-refractivity contribution in [3.8, 4) is 0 Å². The van der Waals surface area contributed by atoms with Gasteiger partial charge in [0.05, 0.1) is 11.3 Å². The Morgan fingerprint density at radius 1 is 1.33 bits per heavy atom. The molecule has 2 aromatic heterocycles. The summed E-state index contributed by atoms with van der Waals surface area (Å²) in [5.41, 5.74) is 2.60. The molecule has 0 aliphatic carbocycles. The number of ketones is 1. The molecular formula is C17H13FIN3O4S. The lowest BCUT2D eigenvalue weighted by molar-refractivity contribution is -0.128. The zero-order valence-corrected chi connectivity index (χ0v) is 16.6. The van der Waals surface area contributed by atoms with Gasteiger partial charge in [-0.1, -0.05) is 11.3 Å². The van der Waals surface area contributed by atoms with Crippen molar-refractivity contribution in [1.29, 1.82) is 0 Å². The van der Waals surface area contributed by atoms with Crippen LogP contribution in [0.2, 0.25) is 0 Å². The van der Waals surface area contributed by atoms with E-state index in [9.17, 15) is 14.0 Å². The maximum absolute atomic E-state index is 14.2. The Hall–Kier alpha value is -2.15. The number of halogens is 2. The van der Waals surface area contributed by atoms with E-state index in [0.717, 1.165) is 3.57 Å². The number of aliphatic hydroxyl groups is 1. The third kappa shape index (κ3) is 4.58. The summed E-state index contributed by atoms with van der Waals surface area (Å²) in [5, 5.41) is 12.6. The number of pyridine rings is 1. The first-order chi connectivity index (χ1) is 13.0. The molecule has 0 unspecified atom stereocenters. The zero-order chi connectivity index (χ0) is 19.4. The summed E-state index contributed by atoms with van der Waals surface area (Å²) in [6, 6.07) is 8.07. The molecule has 2 heterocycles. The second kappa shape index (κ2) is 8.69. The van der Waals surface area contributed by atoms with Gasteiger partial charge in [-0.2, -0.15) is 0 Å². The number of amides is 1. The van der Waals surface area contributed by atoms with Gasteiger partial charge in [-0.05, 0) is 52.9 Å². The van der Waals surface area contributed by atoms with Crippen molar-refractivity contribution in [2.75, 3.05) is 18.5 Å². The number of thiophene rings is 1. The fraction of sp³-hybridized carbons (Fsp3) is 0.118. The molecule has 0 atom stereocenters. The number of nitrogens with one attached hydrogen (secondary N) is 2. The Bertz CT molecular complexity index is 1010. The van der Waals surface area contributed by atoms with Crippen LogP contribution in [0.25, 0.3) is 10.2 Å². The predicted molar refractivity (Wildman–Crippen MR) is 108 cm³/mol. The van der Waals surface area contributed by atoms with Crippen LogP contribution in [0, 0.1) is 9.39 Å². The number of rotatable bonds is 7. The van der Waals surface area contributed by atoms with Gasteiger partial charge >= 0.3 is 0 Å². The quantitative estimate of drug-likeness (QED) is 0.340. The van der Waals surface area contributed by atoms with E-state index >= 15 is 0 Å². The first kappa shape index (κ1) is 19.6. The lowest BCUT2D eigenvalue weighted by Gasteiger charge is -2.09. The minimum atomic E-state index is -0.680. The Labute approximate surface area is 170 Å². The van der Waals surface area contributed by atoms with Crippen molar-refractivity contribution in [3.63, 3.8) is 0 Å². The lowest BCUT2D eigenvalue weighted by atomic mass is 10.2. The smallest absolute Gasteiger partial charge is 0.278 e. The third-order valence-electron chi connectivity index (χ3n) is 3.45. The molecule has 0 saturated heterocycles. The van der Waals surface area contributed by atoms with E-state index in [2.05, 4.69) is 15.8 Å². The topological polar surface area (TPSA) is 101 Å². The van der Waals surface area contributed by atoms with Crippen LogP contribution in [0.3, 0.4) is 0 Å². The molecular weight excluding hydrogens is 488 g/mol. The molecule has 140 valence electrons. The van der Waals surface area contributed by atoms with Gasteiger partial charge in [0.1, 0.15) is 28.9 Å². The van der Waals surface area contributed by atoms with Crippen LogP contribution in [0.5, 0.6) is 0 Å². The van der Waals surface area contributed by atoms with E-state index in [1.54, 1.807) is 30.5 Å². The molecule has 0 aliphatic heterocycles. The van der Waals surface area contributed by atoms with E-state index in [1.165, 1.54) is 17.4 Å². The Morgan fingerprint density at radius 2 is 2.15 bits per heavy atom. The minimum Gasteiger partial charge on any atom is -0.388 e. The maximum atomic E-state index is 14.2. The molecule has 3 rings (SSSR count). The summed E-state index contributed by atoms with van der Waals surface area (Å²) in [5.74, 6) is -1.65. The average molecular weight is 501 g/mol. The number of hydrogen-bond acceptors (Lipinski definition) is 7. The molecule has 0 fully saturated rings. The van der Waals surface area contributed by atoms with Crippen LogP contribution >= 0.6 is 33.9 Å². The van der Waals surface area contributed by atoms with E-state index in [1.807, 2.05) is 22.6 Å². The number of benzene rings is 1. The molecule has 10 heteroatoms. The number of carbonyl (C=O) groups is 2. The maximum Gasteiger partial charge on any atom is 0.278 e. The van der Waals surface area contributed by atoms with Gasteiger partial charge < -0.3 is 10.4 Å².